The maximum absolute atomic E-state index is 12.8. The quantitative estimate of drug-likeness (QED) is 0.0931. The van der Waals surface area contributed by atoms with Gasteiger partial charge in [0, 0.05) is 18.2 Å². The van der Waals surface area contributed by atoms with Gasteiger partial charge in [-0.15, -0.1) is 5.92 Å². The van der Waals surface area contributed by atoms with Crippen molar-refractivity contribution >= 4 is 48.1 Å². The zero-order valence-corrected chi connectivity index (χ0v) is 22.8. The van der Waals surface area contributed by atoms with Gasteiger partial charge in [-0.25, -0.2) is 13.2 Å². The van der Waals surface area contributed by atoms with Gasteiger partial charge in [0.05, 0.1) is 10.5 Å². The average Bonchev–Trinajstić information content (AvgIpc) is 2.98. The van der Waals surface area contributed by atoms with Gasteiger partial charge in [0.1, 0.15) is 5.75 Å². The van der Waals surface area contributed by atoms with Gasteiger partial charge in [-0.2, -0.15) is 0 Å². The van der Waals surface area contributed by atoms with Crippen LogP contribution in [0.4, 0.5) is 0 Å². The molecule has 0 radical (unpaired) electrons. The number of carbonyl (C=O) groups is 1. The Balaban J connectivity index is 1.06. The molecular formula is C35H28O4S. The molecule has 0 aliphatic carbocycles. The van der Waals surface area contributed by atoms with Gasteiger partial charge in [-0.05, 0) is 64.0 Å². The van der Waals surface area contributed by atoms with E-state index in [9.17, 15) is 13.2 Å². The third kappa shape index (κ3) is 6.34. The number of unbranched alkanes of at least 4 members (excludes halogenated alkanes) is 3. The Morgan fingerprint density at radius 1 is 0.625 bits per heavy atom. The number of fused-ring (bicyclic) bond motifs is 3. The summed E-state index contributed by atoms with van der Waals surface area (Å²) in [6, 6.07) is 30.6. The van der Waals surface area contributed by atoms with E-state index in [0.717, 1.165) is 45.2 Å². The SMILES string of the molecule is O=C(OCC#CCCCCC#CCS(=O)(=O)c1cccc2ccccc12)c1cccc2cc3ccccc3cc12. The minimum atomic E-state index is -3.48. The normalized spacial score (nSPS) is 11.0. The van der Waals surface area contributed by atoms with Crippen LogP contribution in [0, 0.1) is 23.7 Å². The van der Waals surface area contributed by atoms with Crippen LogP contribution in [-0.4, -0.2) is 26.7 Å². The molecule has 0 heterocycles. The average molecular weight is 545 g/mol. The molecule has 0 bridgehead atoms. The summed E-state index contributed by atoms with van der Waals surface area (Å²) in [4.78, 5) is 13.0. The van der Waals surface area contributed by atoms with Crippen LogP contribution < -0.4 is 0 Å². The second-order valence-corrected chi connectivity index (χ2v) is 11.4. The fraction of sp³-hybridized carbons (Fsp3) is 0.171. The Morgan fingerprint density at radius 3 is 2.05 bits per heavy atom. The highest BCUT2D eigenvalue weighted by Crippen LogP contribution is 2.26. The zero-order chi connectivity index (χ0) is 27.8. The van der Waals surface area contributed by atoms with Gasteiger partial charge in [-0.1, -0.05) is 90.6 Å². The van der Waals surface area contributed by atoms with E-state index in [1.165, 1.54) is 0 Å². The monoisotopic (exact) mass is 544 g/mol. The van der Waals surface area contributed by atoms with E-state index >= 15 is 0 Å². The number of benzene rings is 5. The van der Waals surface area contributed by atoms with Crippen molar-refractivity contribution in [1.29, 1.82) is 0 Å². The minimum Gasteiger partial charge on any atom is -0.449 e. The Morgan fingerprint density at radius 2 is 1.25 bits per heavy atom. The van der Waals surface area contributed by atoms with E-state index in [-0.39, 0.29) is 18.3 Å². The fourth-order valence-electron chi connectivity index (χ4n) is 4.67. The van der Waals surface area contributed by atoms with E-state index in [1.807, 2.05) is 66.7 Å². The molecule has 0 N–H and O–H groups in total. The summed E-state index contributed by atoms with van der Waals surface area (Å²) in [5, 5.41) is 5.68. The van der Waals surface area contributed by atoms with Crippen LogP contribution in [0.5, 0.6) is 0 Å². The van der Waals surface area contributed by atoms with Crippen LogP contribution in [0.15, 0.2) is 102 Å². The van der Waals surface area contributed by atoms with Gasteiger partial charge in [0.2, 0.25) is 0 Å². The van der Waals surface area contributed by atoms with Crippen LogP contribution in [-0.2, 0) is 14.6 Å². The lowest BCUT2D eigenvalue weighted by atomic mass is 10.00. The first-order valence-electron chi connectivity index (χ1n) is 13.2. The second kappa shape index (κ2) is 12.5. The molecule has 4 nitrogen and oxygen atoms in total. The zero-order valence-electron chi connectivity index (χ0n) is 22.0. The van der Waals surface area contributed by atoms with Crippen molar-refractivity contribution in [1.82, 2.24) is 0 Å². The highest BCUT2D eigenvalue weighted by atomic mass is 32.2. The van der Waals surface area contributed by atoms with E-state index in [0.29, 0.717) is 23.3 Å². The van der Waals surface area contributed by atoms with E-state index < -0.39 is 9.84 Å². The summed E-state index contributed by atoms with van der Waals surface area (Å²) >= 11 is 0. The number of ether oxygens (including phenoxy) is 1. The number of hydrogen-bond acceptors (Lipinski definition) is 4. The van der Waals surface area contributed by atoms with Crippen LogP contribution >= 0.6 is 0 Å². The predicted octanol–water partition coefficient (Wildman–Crippen LogP) is 7.34. The lowest BCUT2D eigenvalue weighted by Gasteiger charge is -2.07. The van der Waals surface area contributed by atoms with Gasteiger partial charge in [0.25, 0.3) is 0 Å². The largest absolute Gasteiger partial charge is 0.449 e. The van der Waals surface area contributed by atoms with Crippen molar-refractivity contribution in [3.63, 3.8) is 0 Å². The topological polar surface area (TPSA) is 60.4 Å². The maximum Gasteiger partial charge on any atom is 0.339 e. The first-order valence-corrected chi connectivity index (χ1v) is 14.9. The number of rotatable bonds is 7. The fourth-order valence-corrected chi connectivity index (χ4v) is 5.92. The molecule has 0 aliphatic heterocycles. The lowest BCUT2D eigenvalue weighted by molar-refractivity contribution is 0.0559. The molecule has 0 aromatic heterocycles. The molecule has 40 heavy (non-hydrogen) atoms. The van der Waals surface area contributed by atoms with Gasteiger partial charge >= 0.3 is 5.97 Å². The highest BCUT2D eigenvalue weighted by Gasteiger charge is 2.16. The van der Waals surface area contributed by atoms with Crippen molar-refractivity contribution in [2.24, 2.45) is 0 Å². The molecule has 198 valence electrons. The standard InChI is InChI=1S/C35H28O4S/c36-35(32-21-13-19-30-25-28-16-7-8-17-29(28)26-33(30)32)39-23-11-5-3-1-2-4-6-12-24-40(37,38)34-22-14-18-27-15-9-10-20-31(27)34/h7-10,13-22,25-26H,1-4,23-24H2. The van der Waals surface area contributed by atoms with E-state index in [2.05, 4.69) is 35.8 Å². The first-order chi connectivity index (χ1) is 19.5. The molecule has 0 saturated heterocycles. The molecular weight excluding hydrogens is 516 g/mol. The van der Waals surface area contributed by atoms with Crippen LogP contribution in [0.1, 0.15) is 36.0 Å². The van der Waals surface area contributed by atoms with Gasteiger partial charge in [-0.3, -0.25) is 0 Å². The Bertz CT molecular complexity index is 1930. The predicted molar refractivity (Wildman–Crippen MR) is 162 cm³/mol. The van der Waals surface area contributed by atoms with Crippen LogP contribution in [0.3, 0.4) is 0 Å². The summed E-state index contributed by atoms with van der Waals surface area (Å²) in [5.74, 6) is 11.2. The van der Waals surface area contributed by atoms with Crippen molar-refractivity contribution in [3.05, 3.63) is 103 Å². The molecule has 0 aliphatic rings. The first kappa shape index (κ1) is 27.0. The molecule has 0 atom stereocenters. The highest BCUT2D eigenvalue weighted by molar-refractivity contribution is 7.91. The van der Waals surface area contributed by atoms with Crippen molar-refractivity contribution < 1.29 is 17.9 Å². The Hall–Kier alpha value is -4.58. The molecule has 0 saturated carbocycles. The molecule has 5 rings (SSSR count). The van der Waals surface area contributed by atoms with E-state index in [4.69, 9.17) is 4.74 Å². The van der Waals surface area contributed by atoms with E-state index in [1.54, 1.807) is 18.2 Å². The molecule has 0 fully saturated rings. The summed E-state index contributed by atoms with van der Waals surface area (Å²) < 4.78 is 31.0. The number of sulfone groups is 1. The molecule has 5 heteroatoms. The van der Waals surface area contributed by atoms with Crippen LogP contribution in [0.2, 0.25) is 0 Å². The second-order valence-electron chi connectivity index (χ2n) is 9.45. The van der Waals surface area contributed by atoms with Gasteiger partial charge in [0.15, 0.2) is 16.4 Å². The molecule has 0 amide bonds. The van der Waals surface area contributed by atoms with Crippen LogP contribution in [0.25, 0.3) is 32.3 Å². The molecule has 0 spiro atoms. The smallest absolute Gasteiger partial charge is 0.339 e. The number of esters is 1. The molecule has 0 unspecified atom stereocenters. The Kier molecular flexibility index (Phi) is 8.45. The third-order valence-corrected chi connectivity index (χ3v) is 8.24. The number of hydrogen-bond donors (Lipinski definition) is 0. The van der Waals surface area contributed by atoms with Crippen molar-refractivity contribution in [2.45, 2.75) is 30.6 Å². The maximum atomic E-state index is 12.8. The minimum absolute atomic E-state index is 0.0363. The molecule has 5 aromatic rings. The number of carbonyl (C=O) groups excluding carboxylic acids is 1. The summed E-state index contributed by atoms with van der Waals surface area (Å²) in [6.07, 6.45) is 2.92. The Labute approximate surface area is 234 Å². The summed E-state index contributed by atoms with van der Waals surface area (Å²) in [6.45, 7) is 0.0363. The summed E-state index contributed by atoms with van der Waals surface area (Å²) in [5.41, 5.74) is 0.533. The third-order valence-electron chi connectivity index (χ3n) is 6.69. The van der Waals surface area contributed by atoms with Gasteiger partial charge < -0.3 is 4.74 Å². The molecule has 5 aromatic carbocycles. The summed E-state index contributed by atoms with van der Waals surface area (Å²) in [7, 11) is -3.48. The lowest BCUT2D eigenvalue weighted by Crippen LogP contribution is -2.06. The van der Waals surface area contributed by atoms with Crippen molar-refractivity contribution in [3.8, 4) is 23.7 Å². The van der Waals surface area contributed by atoms with Crippen molar-refractivity contribution in [2.75, 3.05) is 12.4 Å².